The molecule has 1 saturated heterocycles. The van der Waals surface area contributed by atoms with Crippen LogP contribution in [0.3, 0.4) is 0 Å². The average molecular weight is 714 g/mol. The van der Waals surface area contributed by atoms with Crippen molar-refractivity contribution in [3.05, 3.63) is 85.9 Å². The van der Waals surface area contributed by atoms with E-state index in [1.54, 1.807) is 34.9 Å². The number of pyridine rings is 1. The van der Waals surface area contributed by atoms with Crippen molar-refractivity contribution >= 4 is 56.8 Å². The third kappa shape index (κ3) is 5.00. The standard InChI is InChI=1S/C37H37ClFN7O5/c1-9-24(47)44-14-23-35(48)43(8)33-31(45(23)13-19(44)7)20-12-21(38)26(25-18(6)10-11-22-34(25)51-37(50)42-22)27(39)30(20)46(36(33)49)32-28(16(2)3)40-15-41-29(32)17(4)5/h9-12,15-17,19,23H,1,13-14H2,2-8H3,(H,42,50). The molecule has 2 amide bonds. The molecule has 14 heteroatoms. The van der Waals surface area contributed by atoms with Gasteiger partial charge in [0.2, 0.25) is 5.91 Å². The van der Waals surface area contributed by atoms with Gasteiger partial charge < -0.3 is 19.1 Å². The number of rotatable bonds is 5. The number of amides is 2. The Morgan fingerprint density at radius 3 is 2.35 bits per heavy atom. The molecule has 1 N–H and O–H groups in total. The minimum atomic E-state index is -0.870. The summed E-state index contributed by atoms with van der Waals surface area (Å²) in [5, 5.41) is 0.262. The molecule has 1 fully saturated rings. The fraction of sp³-hybridized carbons (Fsp3) is 0.351. The largest absolute Gasteiger partial charge is 0.417 e. The molecule has 2 unspecified atom stereocenters. The third-order valence-electron chi connectivity index (χ3n) is 9.98. The molecule has 2 aromatic carbocycles. The van der Waals surface area contributed by atoms with Crippen molar-refractivity contribution in [1.29, 1.82) is 0 Å². The van der Waals surface area contributed by atoms with Gasteiger partial charge in [-0.1, -0.05) is 51.9 Å². The van der Waals surface area contributed by atoms with E-state index in [1.165, 1.54) is 28.9 Å². The topological polar surface area (TPSA) is 138 Å². The number of carbonyl (C=O) groups is 2. The number of oxazole rings is 1. The van der Waals surface area contributed by atoms with E-state index in [0.717, 1.165) is 0 Å². The van der Waals surface area contributed by atoms with Gasteiger partial charge in [-0.05, 0) is 49.5 Å². The van der Waals surface area contributed by atoms with Gasteiger partial charge in [-0.3, -0.25) is 23.9 Å². The van der Waals surface area contributed by atoms with Crippen molar-refractivity contribution in [3.8, 4) is 16.8 Å². The first-order valence-electron chi connectivity index (χ1n) is 16.7. The van der Waals surface area contributed by atoms with Gasteiger partial charge in [0.25, 0.3) is 11.5 Å². The molecular weight excluding hydrogens is 677 g/mol. The molecule has 0 bridgehead atoms. The monoisotopic (exact) mass is 713 g/mol. The van der Waals surface area contributed by atoms with E-state index in [9.17, 15) is 14.4 Å². The number of aromatic amines is 1. The third-order valence-corrected chi connectivity index (χ3v) is 10.3. The molecule has 2 aliphatic rings. The summed E-state index contributed by atoms with van der Waals surface area (Å²) in [5.41, 5.74) is 2.15. The molecule has 0 aliphatic carbocycles. The Kier molecular flexibility index (Phi) is 8.16. The number of benzene rings is 2. The van der Waals surface area contributed by atoms with Crippen LogP contribution in [0.5, 0.6) is 0 Å². The molecule has 2 atom stereocenters. The highest BCUT2D eigenvalue weighted by Gasteiger charge is 2.46. The van der Waals surface area contributed by atoms with E-state index >= 15 is 9.18 Å². The zero-order valence-electron chi connectivity index (χ0n) is 29.3. The van der Waals surface area contributed by atoms with Crippen molar-refractivity contribution in [1.82, 2.24) is 24.4 Å². The molecule has 5 aromatic rings. The minimum Gasteiger partial charge on any atom is -0.407 e. The van der Waals surface area contributed by atoms with E-state index in [2.05, 4.69) is 21.5 Å². The maximum absolute atomic E-state index is 18.0. The minimum absolute atomic E-state index is 0.00560. The van der Waals surface area contributed by atoms with Crippen LogP contribution in [0, 0.1) is 12.7 Å². The highest BCUT2D eigenvalue weighted by Crippen LogP contribution is 2.47. The van der Waals surface area contributed by atoms with Gasteiger partial charge in [0.05, 0.1) is 45.4 Å². The predicted molar refractivity (Wildman–Crippen MR) is 195 cm³/mol. The molecule has 2 aliphatic heterocycles. The lowest BCUT2D eigenvalue weighted by Gasteiger charge is -2.50. The highest BCUT2D eigenvalue weighted by molar-refractivity contribution is 6.35. The van der Waals surface area contributed by atoms with Crippen molar-refractivity contribution in [2.24, 2.45) is 0 Å². The second-order valence-electron chi connectivity index (χ2n) is 13.8. The molecule has 5 heterocycles. The summed E-state index contributed by atoms with van der Waals surface area (Å²) < 4.78 is 24.8. The predicted octanol–water partition coefficient (Wildman–Crippen LogP) is 5.80. The number of fused-ring (bicyclic) bond motifs is 6. The summed E-state index contributed by atoms with van der Waals surface area (Å²) in [6.07, 6.45) is 2.64. The van der Waals surface area contributed by atoms with Gasteiger partial charge in [-0.15, -0.1) is 0 Å². The zero-order valence-corrected chi connectivity index (χ0v) is 30.1. The SMILES string of the molecule is C=CC(=O)N1CC2C(=O)N(C)c3c(c4cc(Cl)c(-c5c(C)ccc6[nH]c(=O)oc56)c(F)c4n(-c4c(C(C)C)ncnc4C(C)C)c3=O)N2CC1C. The van der Waals surface area contributed by atoms with Crippen LogP contribution in [0.15, 0.2) is 51.2 Å². The number of hydrogen-bond donors (Lipinski definition) is 1. The van der Waals surface area contributed by atoms with Gasteiger partial charge in [-0.25, -0.2) is 19.2 Å². The van der Waals surface area contributed by atoms with Crippen LogP contribution in [0.1, 0.15) is 63.4 Å². The van der Waals surface area contributed by atoms with Crippen LogP contribution in [0.25, 0.3) is 38.8 Å². The van der Waals surface area contributed by atoms with Crippen LogP contribution in [0.4, 0.5) is 15.8 Å². The summed E-state index contributed by atoms with van der Waals surface area (Å²) in [6.45, 7) is 15.1. The van der Waals surface area contributed by atoms with E-state index < -0.39 is 29.1 Å². The van der Waals surface area contributed by atoms with Crippen LogP contribution >= 0.6 is 11.6 Å². The number of nitrogens with one attached hydrogen (secondary N) is 1. The molecule has 7 rings (SSSR count). The number of likely N-dealkylation sites (N-methyl/N-ethyl adjacent to an activating group) is 1. The second-order valence-corrected chi connectivity index (χ2v) is 14.2. The molecular formula is C37H37ClFN7O5. The lowest BCUT2D eigenvalue weighted by atomic mass is 9.93. The Hall–Kier alpha value is -5.30. The fourth-order valence-electron chi connectivity index (χ4n) is 7.58. The van der Waals surface area contributed by atoms with Crippen molar-refractivity contribution in [2.75, 3.05) is 29.9 Å². The van der Waals surface area contributed by atoms with Crippen molar-refractivity contribution in [3.63, 3.8) is 0 Å². The first-order valence-corrected chi connectivity index (χ1v) is 17.1. The number of aryl methyl sites for hydroxylation is 1. The molecule has 12 nitrogen and oxygen atoms in total. The van der Waals surface area contributed by atoms with Gasteiger partial charge in [0.15, 0.2) is 11.4 Å². The Morgan fingerprint density at radius 1 is 1.06 bits per heavy atom. The molecule has 51 heavy (non-hydrogen) atoms. The molecule has 0 saturated carbocycles. The molecule has 3 aromatic heterocycles. The lowest BCUT2D eigenvalue weighted by Crippen LogP contribution is -2.66. The maximum Gasteiger partial charge on any atom is 0.417 e. The fourth-order valence-corrected chi connectivity index (χ4v) is 7.86. The second kappa shape index (κ2) is 12.2. The van der Waals surface area contributed by atoms with Crippen LogP contribution in [-0.4, -0.2) is 68.5 Å². The zero-order chi connectivity index (χ0) is 36.8. The summed E-state index contributed by atoms with van der Waals surface area (Å²) in [4.78, 5) is 70.9. The average Bonchev–Trinajstić information content (AvgIpc) is 3.47. The van der Waals surface area contributed by atoms with Gasteiger partial charge in [0.1, 0.15) is 18.1 Å². The summed E-state index contributed by atoms with van der Waals surface area (Å²) in [5.74, 6) is -2.70. The van der Waals surface area contributed by atoms with Crippen LogP contribution in [0.2, 0.25) is 5.02 Å². The van der Waals surface area contributed by atoms with Crippen molar-refractivity contribution < 1.29 is 18.4 Å². The number of piperazine rings is 1. The summed E-state index contributed by atoms with van der Waals surface area (Å²) in [7, 11) is 1.51. The van der Waals surface area contributed by atoms with E-state index in [1.807, 2.05) is 34.6 Å². The number of nitrogens with zero attached hydrogens (tertiary/aromatic N) is 6. The Labute approximate surface area is 297 Å². The number of halogens is 2. The Bertz CT molecular complexity index is 2420. The van der Waals surface area contributed by atoms with Gasteiger partial charge in [-0.2, -0.15) is 0 Å². The van der Waals surface area contributed by atoms with E-state index in [4.69, 9.17) is 16.0 Å². The van der Waals surface area contributed by atoms with E-state index in [-0.39, 0.29) is 75.2 Å². The summed E-state index contributed by atoms with van der Waals surface area (Å²) >= 11 is 7.07. The van der Waals surface area contributed by atoms with Gasteiger partial charge >= 0.3 is 5.76 Å². The van der Waals surface area contributed by atoms with Crippen LogP contribution in [-0.2, 0) is 9.59 Å². The lowest BCUT2D eigenvalue weighted by molar-refractivity contribution is -0.130. The smallest absolute Gasteiger partial charge is 0.407 e. The first-order chi connectivity index (χ1) is 24.2. The Balaban J connectivity index is 1.68. The normalized spacial score (nSPS) is 17.5. The van der Waals surface area contributed by atoms with E-state index in [0.29, 0.717) is 33.8 Å². The van der Waals surface area contributed by atoms with Gasteiger partial charge in [0, 0.05) is 36.1 Å². The molecule has 0 radical (unpaired) electrons. The number of hydrogen-bond acceptors (Lipinski definition) is 8. The quantitative estimate of drug-likeness (QED) is 0.226. The maximum atomic E-state index is 18.0. The summed E-state index contributed by atoms with van der Waals surface area (Å²) in [6, 6.07) is 3.72. The first kappa shape index (κ1) is 34.2. The molecule has 0 spiro atoms. The Morgan fingerprint density at radius 2 is 1.73 bits per heavy atom. The number of anilines is 2. The van der Waals surface area contributed by atoms with Crippen LogP contribution < -0.4 is 21.1 Å². The number of carbonyl (C=O) groups excluding carboxylic acids is 2. The van der Waals surface area contributed by atoms with Crippen molar-refractivity contribution in [2.45, 2.75) is 65.5 Å². The highest BCUT2D eigenvalue weighted by atomic mass is 35.5. The number of H-pyrrole nitrogens is 1. The molecule has 264 valence electrons. The number of aromatic nitrogens is 4.